The first-order chi connectivity index (χ1) is 10.1. The van der Waals surface area contributed by atoms with Crippen molar-refractivity contribution in [1.82, 2.24) is 5.32 Å². The Kier molecular flexibility index (Phi) is 5.64. The van der Waals surface area contributed by atoms with Crippen LogP contribution in [0.1, 0.15) is 24.3 Å². The van der Waals surface area contributed by atoms with Crippen LogP contribution in [-0.2, 0) is 9.53 Å². The molecule has 1 saturated carbocycles. The summed E-state index contributed by atoms with van der Waals surface area (Å²) in [5, 5.41) is 11.3. The van der Waals surface area contributed by atoms with Crippen LogP contribution < -0.4 is 5.32 Å². The first-order valence-electron chi connectivity index (χ1n) is 7.04. The summed E-state index contributed by atoms with van der Waals surface area (Å²) in [4.78, 5) is 11.9. The van der Waals surface area contributed by atoms with Gasteiger partial charge >= 0.3 is 0 Å². The molecule has 0 radical (unpaired) electrons. The molecule has 0 aliphatic heterocycles. The number of carbonyl (C=O) groups excluding carboxylic acids is 1. The van der Waals surface area contributed by atoms with Crippen molar-refractivity contribution >= 4 is 5.91 Å². The van der Waals surface area contributed by atoms with Crippen molar-refractivity contribution in [2.75, 3.05) is 26.4 Å². The van der Waals surface area contributed by atoms with Gasteiger partial charge < -0.3 is 15.2 Å². The van der Waals surface area contributed by atoms with Crippen LogP contribution in [0.5, 0.6) is 0 Å². The maximum atomic E-state index is 13.6. The van der Waals surface area contributed by atoms with E-state index in [-0.39, 0.29) is 24.3 Å². The van der Waals surface area contributed by atoms with Crippen LogP contribution in [0.15, 0.2) is 18.2 Å². The highest BCUT2D eigenvalue weighted by Crippen LogP contribution is 2.48. The highest BCUT2D eigenvalue weighted by Gasteiger charge is 2.45. The fraction of sp³-hybridized carbons (Fsp3) is 0.533. The van der Waals surface area contributed by atoms with Gasteiger partial charge in [-0.15, -0.1) is 0 Å². The topological polar surface area (TPSA) is 58.6 Å². The number of hydrogen-bond donors (Lipinski definition) is 2. The zero-order valence-electron chi connectivity index (χ0n) is 11.6. The number of halogens is 2. The van der Waals surface area contributed by atoms with Gasteiger partial charge in [0.15, 0.2) is 0 Å². The highest BCUT2D eigenvalue weighted by atomic mass is 19.1. The molecule has 2 atom stereocenters. The molecule has 1 aromatic carbocycles. The monoisotopic (exact) mass is 299 g/mol. The summed E-state index contributed by atoms with van der Waals surface area (Å²) in [6, 6.07) is 3.47. The lowest BCUT2D eigenvalue weighted by atomic mass is 10.1. The van der Waals surface area contributed by atoms with Gasteiger partial charge in [-0.25, -0.2) is 8.78 Å². The zero-order chi connectivity index (χ0) is 15.2. The van der Waals surface area contributed by atoms with Crippen molar-refractivity contribution in [3.05, 3.63) is 35.4 Å². The van der Waals surface area contributed by atoms with Crippen LogP contribution in [0.2, 0.25) is 0 Å². The minimum Gasteiger partial charge on any atom is -0.394 e. The molecule has 1 aromatic rings. The van der Waals surface area contributed by atoms with E-state index >= 15 is 0 Å². The third kappa shape index (κ3) is 4.47. The molecule has 0 bridgehead atoms. The Labute approximate surface area is 122 Å². The fourth-order valence-corrected chi connectivity index (χ4v) is 2.31. The van der Waals surface area contributed by atoms with Crippen LogP contribution in [0.25, 0.3) is 0 Å². The second kappa shape index (κ2) is 7.47. The smallest absolute Gasteiger partial charge is 0.223 e. The summed E-state index contributed by atoms with van der Waals surface area (Å²) >= 11 is 0. The van der Waals surface area contributed by atoms with E-state index in [1.165, 1.54) is 12.1 Å². The molecule has 2 N–H and O–H groups in total. The van der Waals surface area contributed by atoms with E-state index in [9.17, 15) is 13.6 Å². The van der Waals surface area contributed by atoms with Gasteiger partial charge in [0.25, 0.3) is 0 Å². The maximum Gasteiger partial charge on any atom is 0.223 e. The Bertz CT molecular complexity index is 496. The largest absolute Gasteiger partial charge is 0.394 e. The summed E-state index contributed by atoms with van der Waals surface area (Å²) in [5.41, 5.74) is 0.405. The summed E-state index contributed by atoms with van der Waals surface area (Å²) in [6.45, 7) is 1.24. The molecule has 1 amide bonds. The SMILES string of the molecule is O=C(NCCCOCCO)C1CC1c1ccc(F)cc1F. The molecule has 0 saturated heterocycles. The molecule has 1 aliphatic rings. The van der Waals surface area contributed by atoms with Gasteiger partial charge in [0, 0.05) is 25.1 Å². The lowest BCUT2D eigenvalue weighted by Gasteiger charge is -2.06. The summed E-state index contributed by atoms with van der Waals surface area (Å²) < 4.78 is 31.5. The second-order valence-electron chi connectivity index (χ2n) is 5.10. The summed E-state index contributed by atoms with van der Waals surface area (Å²) in [6.07, 6.45) is 1.25. The van der Waals surface area contributed by atoms with E-state index in [1.54, 1.807) is 0 Å². The second-order valence-corrected chi connectivity index (χ2v) is 5.10. The van der Waals surface area contributed by atoms with E-state index < -0.39 is 11.6 Å². The number of aliphatic hydroxyl groups excluding tert-OH is 1. The third-order valence-corrected chi connectivity index (χ3v) is 3.49. The molecule has 2 unspecified atom stereocenters. The van der Waals surface area contributed by atoms with E-state index in [0.717, 1.165) is 6.07 Å². The molecule has 2 rings (SSSR count). The maximum absolute atomic E-state index is 13.6. The van der Waals surface area contributed by atoms with Crippen LogP contribution in [-0.4, -0.2) is 37.4 Å². The molecular weight excluding hydrogens is 280 g/mol. The average Bonchev–Trinajstić information content (AvgIpc) is 3.22. The standard InChI is InChI=1S/C15H19F2NO3/c16-10-2-3-11(14(17)8-10)12-9-13(12)15(20)18-4-1-6-21-7-5-19/h2-3,8,12-13,19H,1,4-7,9H2,(H,18,20). The number of rotatable bonds is 8. The summed E-state index contributed by atoms with van der Waals surface area (Å²) in [7, 11) is 0. The minimum atomic E-state index is -0.610. The minimum absolute atomic E-state index is 0.0145. The lowest BCUT2D eigenvalue weighted by Crippen LogP contribution is -2.27. The van der Waals surface area contributed by atoms with Crippen LogP contribution in [0.3, 0.4) is 0 Å². The highest BCUT2D eigenvalue weighted by molar-refractivity contribution is 5.82. The van der Waals surface area contributed by atoms with Gasteiger partial charge in [-0.2, -0.15) is 0 Å². The summed E-state index contributed by atoms with van der Waals surface area (Å²) in [5.74, 6) is -1.70. The van der Waals surface area contributed by atoms with Crippen molar-refractivity contribution in [2.45, 2.75) is 18.8 Å². The molecule has 116 valence electrons. The van der Waals surface area contributed by atoms with E-state index in [2.05, 4.69) is 5.32 Å². The van der Waals surface area contributed by atoms with Gasteiger partial charge in [-0.05, 0) is 30.4 Å². The molecule has 6 heteroatoms. The molecule has 1 aliphatic carbocycles. The quantitative estimate of drug-likeness (QED) is 0.717. The molecule has 0 spiro atoms. The zero-order valence-corrected chi connectivity index (χ0v) is 11.6. The van der Waals surface area contributed by atoms with Gasteiger partial charge in [0.2, 0.25) is 5.91 Å². The third-order valence-electron chi connectivity index (χ3n) is 3.49. The van der Waals surface area contributed by atoms with Crippen molar-refractivity contribution in [3.8, 4) is 0 Å². The molecule has 21 heavy (non-hydrogen) atoms. The Morgan fingerprint density at radius 2 is 2.19 bits per heavy atom. The number of aliphatic hydroxyl groups is 1. The van der Waals surface area contributed by atoms with Gasteiger partial charge in [-0.3, -0.25) is 4.79 Å². The van der Waals surface area contributed by atoms with Gasteiger partial charge in [0.05, 0.1) is 13.2 Å². The van der Waals surface area contributed by atoms with Crippen molar-refractivity contribution in [3.63, 3.8) is 0 Å². The Balaban J connectivity index is 1.71. The molecule has 0 aromatic heterocycles. The number of ether oxygens (including phenoxy) is 1. The number of nitrogens with one attached hydrogen (secondary N) is 1. The van der Waals surface area contributed by atoms with Crippen LogP contribution in [0, 0.1) is 17.6 Å². The van der Waals surface area contributed by atoms with Crippen molar-refractivity contribution in [1.29, 1.82) is 0 Å². The van der Waals surface area contributed by atoms with Crippen LogP contribution in [0.4, 0.5) is 8.78 Å². The number of benzene rings is 1. The Morgan fingerprint density at radius 3 is 2.90 bits per heavy atom. The molecule has 0 heterocycles. The van der Waals surface area contributed by atoms with Crippen LogP contribution >= 0.6 is 0 Å². The molecule has 4 nitrogen and oxygen atoms in total. The predicted octanol–water partition coefficient (Wildman–Crippen LogP) is 1.58. The van der Waals surface area contributed by atoms with E-state index in [1.807, 2.05) is 0 Å². The van der Waals surface area contributed by atoms with E-state index in [4.69, 9.17) is 9.84 Å². The Morgan fingerprint density at radius 1 is 1.38 bits per heavy atom. The van der Waals surface area contributed by atoms with E-state index in [0.29, 0.717) is 38.2 Å². The molecule has 1 fully saturated rings. The fourth-order valence-electron chi connectivity index (χ4n) is 2.31. The number of carbonyl (C=O) groups is 1. The Hall–Kier alpha value is -1.53. The molecular formula is C15H19F2NO3. The van der Waals surface area contributed by atoms with Crippen molar-refractivity contribution in [2.24, 2.45) is 5.92 Å². The lowest BCUT2D eigenvalue weighted by molar-refractivity contribution is -0.122. The predicted molar refractivity (Wildman–Crippen MR) is 72.7 cm³/mol. The number of hydrogen-bond acceptors (Lipinski definition) is 3. The first kappa shape index (κ1) is 15.9. The normalized spacial score (nSPS) is 20.3. The van der Waals surface area contributed by atoms with Gasteiger partial charge in [0.1, 0.15) is 11.6 Å². The van der Waals surface area contributed by atoms with Crippen molar-refractivity contribution < 1.29 is 23.4 Å². The number of amides is 1. The average molecular weight is 299 g/mol. The first-order valence-corrected chi connectivity index (χ1v) is 7.04. The van der Waals surface area contributed by atoms with Gasteiger partial charge in [-0.1, -0.05) is 6.07 Å².